The van der Waals surface area contributed by atoms with Gasteiger partial charge in [-0.2, -0.15) is 8.75 Å². The van der Waals surface area contributed by atoms with E-state index in [0.717, 1.165) is 51.6 Å². The zero-order chi connectivity index (χ0) is 36.0. The van der Waals surface area contributed by atoms with Gasteiger partial charge in [-0.15, -0.1) is 0 Å². The Labute approximate surface area is 301 Å². The summed E-state index contributed by atoms with van der Waals surface area (Å²) in [5.74, 6) is -1.90. The Morgan fingerprint density at radius 2 is 1.43 bits per heavy atom. The highest BCUT2D eigenvalue weighted by atomic mass is 32.1. The molecule has 0 saturated carbocycles. The molecule has 51 heavy (non-hydrogen) atoms. The monoisotopic (exact) mass is 698 g/mol. The molecule has 0 fully saturated rings. The number of hydrogen-bond acceptors (Lipinski definition) is 10. The zero-order valence-electron chi connectivity index (χ0n) is 28.8. The zero-order valence-corrected chi connectivity index (χ0v) is 29.6. The Morgan fingerprint density at radius 3 is 2.14 bits per heavy atom. The second kappa shape index (κ2) is 15.4. The number of aldehydes is 1. The van der Waals surface area contributed by atoms with Crippen LogP contribution in [-0.4, -0.2) is 54.3 Å². The van der Waals surface area contributed by atoms with Crippen LogP contribution in [-0.2, 0) is 28.3 Å². The van der Waals surface area contributed by atoms with Crippen LogP contribution >= 0.6 is 11.7 Å². The minimum absolute atomic E-state index is 0.304. The fourth-order valence-corrected chi connectivity index (χ4v) is 6.27. The number of esters is 1. The average Bonchev–Trinajstić information content (AvgIpc) is 3.72. The van der Waals surface area contributed by atoms with Gasteiger partial charge in [-0.1, -0.05) is 60.7 Å². The molecule has 1 unspecified atom stereocenters. The van der Waals surface area contributed by atoms with Crippen LogP contribution in [0.1, 0.15) is 32.6 Å². The third-order valence-electron chi connectivity index (χ3n) is 8.52. The summed E-state index contributed by atoms with van der Waals surface area (Å²) in [7, 11) is 7.84. The van der Waals surface area contributed by atoms with Gasteiger partial charge < -0.3 is 24.4 Å². The summed E-state index contributed by atoms with van der Waals surface area (Å²) in [6.07, 6.45) is 1.16. The number of carbonyl (C=O) groups excluding carboxylic acids is 2. The number of rotatable bonds is 10. The maximum absolute atomic E-state index is 13.4. The lowest BCUT2D eigenvalue weighted by Gasteiger charge is -2.26. The van der Waals surface area contributed by atoms with E-state index in [9.17, 15) is 14.7 Å². The van der Waals surface area contributed by atoms with Gasteiger partial charge in [0, 0.05) is 62.7 Å². The standard InChI is InChI=1S/C32H27N3O4S.C9H11NO/c1-35(2)25-10-6-9-22(17-25)18-27-30(23-11-16-28-29(19-23)34-40-33-28)31(36)39-32(27,37)24-12-14-26(15-13-24)38-20-21-7-4-3-5-8-21;1-10(2)9-5-3-4-8(6-9)7-11/h3-17,19,37H,18,20H2,1-2H3;3-7H,1-2H3. The lowest BCUT2D eigenvalue weighted by molar-refractivity contribution is -0.185. The van der Waals surface area contributed by atoms with Gasteiger partial charge in [0.25, 0.3) is 5.79 Å². The van der Waals surface area contributed by atoms with Crippen LogP contribution in [0.3, 0.4) is 0 Å². The maximum Gasteiger partial charge on any atom is 0.342 e. The Kier molecular flexibility index (Phi) is 10.5. The third kappa shape index (κ3) is 7.98. The topological polar surface area (TPSA) is 105 Å². The van der Waals surface area contributed by atoms with E-state index in [1.807, 2.05) is 129 Å². The van der Waals surface area contributed by atoms with Crippen molar-refractivity contribution in [3.8, 4) is 5.75 Å². The van der Waals surface area contributed by atoms with E-state index in [1.54, 1.807) is 30.3 Å². The van der Waals surface area contributed by atoms with Gasteiger partial charge in [0.1, 0.15) is 29.7 Å². The number of cyclic esters (lactones) is 1. The predicted octanol–water partition coefficient (Wildman–Crippen LogP) is 7.30. The van der Waals surface area contributed by atoms with E-state index in [-0.39, 0.29) is 0 Å². The molecule has 0 amide bonds. The lowest BCUT2D eigenvalue weighted by atomic mass is 9.88. The van der Waals surface area contributed by atoms with Crippen LogP contribution in [0.15, 0.2) is 127 Å². The molecular weight excluding hydrogens is 661 g/mol. The molecule has 1 N–H and O–H groups in total. The molecule has 9 nitrogen and oxygen atoms in total. The molecule has 0 saturated heterocycles. The fourth-order valence-electron chi connectivity index (χ4n) is 5.75. The number of ether oxygens (including phenoxy) is 2. The molecule has 10 heteroatoms. The predicted molar refractivity (Wildman–Crippen MR) is 202 cm³/mol. The van der Waals surface area contributed by atoms with Crippen molar-refractivity contribution in [1.29, 1.82) is 0 Å². The van der Waals surface area contributed by atoms with Crippen LogP contribution in [0.2, 0.25) is 0 Å². The minimum Gasteiger partial charge on any atom is -0.489 e. The molecule has 6 aromatic rings. The van der Waals surface area contributed by atoms with Crippen molar-refractivity contribution in [3.05, 3.63) is 155 Å². The highest BCUT2D eigenvalue weighted by molar-refractivity contribution is 7.00. The second-order valence-corrected chi connectivity index (χ2v) is 13.0. The molecule has 1 aliphatic heterocycles. The van der Waals surface area contributed by atoms with E-state index in [1.165, 1.54) is 0 Å². The fraction of sp³-hybridized carbons (Fsp3) is 0.171. The number of aliphatic hydroxyl groups is 1. The summed E-state index contributed by atoms with van der Waals surface area (Å²) in [4.78, 5) is 27.8. The van der Waals surface area contributed by atoms with Crippen LogP contribution in [0, 0.1) is 0 Å². The summed E-state index contributed by atoms with van der Waals surface area (Å²) in [6, 6.07) is 37.9. The first kappa shape index (κ1) is 35.0. The summed E-state index contributed by atoms with van der Waals surface area (Å²) < 4.78 is 20.3. The number of carbonyl (C=O) groups is 2. The number of anilines is 2. The largest absolute Gasteiger partial charge is 0.489 e. The number of fused-ring (bicyclic) bond motifs is 1. The van der Waals surface area contributed by atoms with Gasteiger partial charge >= 0.3 is 5.97 Å². The first-order valence-electron chi connectivity index (χ1n) is 16.3. The molecule has 2 heterocycles. The maximum atomic E-state index is 13.4. The molecule has 0 radical (unpaired) electrons. The van der Waals surface area contributed by atoms with E-state index in [0.29, 0.717) is 46.6 Å². The van der Waals surface area contributed by atoms with Crippen molar-refractivity contribution in [3.63, 3.8) is 0 Å². The van der Waals surface area contributed by atoms with Crippen LogP contribution in [0.4, 0.5) is 11.4 Å². The molecule has 0 spiro atoms. The highest BCUT2D eigenvalue weighted by Gasteiger charge is 2.48. The Balaban J connectivity index is 0.000000349. The van der Waals surface area contributed by atoms with Gasteiger partial charge in [0.15, 0.2) is 0 Å². The van der Waals surface area contributed by atoms with E-state index in [4.69, 9.17) is 9.47 Å². The number of nitrogens with zero attached hydrogens (tertiary/aromatic N) is 4. The molecule has 0 aliphatic carbocycles. The van der Waals surface area contributed by atoms with Crippen molar-refractivity contribution in [2.75, 3.05) is 38.0 Å². The summed E-state index contributed by atoms with van der Waals surface area (Å²) in [6.45, 7) is 0.422. The van der Waals surface area contributed by atoms with Gasteiger partial charge in [-0.25, -0.2) is 4.79 Å². The van der Waals surface area contributed by atoms with Crippen molar-refractivity contribution < 1.29 is 24.2 Å². The average molecular weight is 699 g/mol. The SMILES string of the molecule is CN(C)c1cccc(C=O)c1.CN(C)c1cccc(CC2=C(c3ccc4nsnc4c3)C(=O)OC2(O)c2ccc(OCc3ccccc3)cc2)c1. The van der Waals surface area contributed by atoms with Crippen LogP contribution in [0.5, 0.6) is 5.75 Å². The summed E-state index contributed by atoms with van der Waals surface area (Å²) in [5, 5.41) is 12.1. The first-order chi connectivity index (χ1) is 24.6. The lowest BCUT2D eigenvalue weighted by Crippen LogP contribution is -2.29. The summed E-state index contributed by atoms with van der Waals surface area (Å²) >= 11 is 1.11. The van der Waals surface area contributed by atoms with Crippen molar-refractivity contribution in [2.45, 2.75) is 18.8 Å². The third-order valence-corrected chi connectivity index (χ3v) is 9.08. The van der Waals surface area contributed by atoms with Crippen molar-refractivity contribution in [2.24, 2.45) is 0 Å². The van der Waals surface area contributed by atoms with E-state index < -0.39 is 11.8 Å². The van der Waals surface area contributed by atoms with Crippen LogP contribution in [0.25, 0.3) is 16.6 Å². The molecule has 7 rings (SSSR count). The normalized spacial score (nSPS) is 15.2. The van der Waals surface area contributed by atoms with Gasteiger partial charge in [-0.05, 0) is 77.4 Å². The molecule has 1 aromatic heterocycles. The highest BCUT2D eigenvalue weighted by Crippen LogP contribution is 2.45. The van der Waals surface area contributed by atoms with Crippen molar-refractivity contribution >= 4 is 52.0 Å². The number of aromatic nitrogens is 2. The molecule has 0 bridgehead atoms. The molecule has 258 valence electrons. The van der Waals surface area contributed by atoms with Crippen molar-refractivity contribution in [1.82, 2.24) is 8.75 Å². The first-order valence-corrected chi connectivity index (χ1v) is 17.1. The molecule has 1 aliphatic rings. The van der Waals surface area contributed by atoms with Gasteiger partial charge in [-0.3, -0.25) is 4.79 Å². The van der Waals surface area contributed by atoms with Gasteiger partial charge in [0.2, 0.25) is 0 Å². The Morgan fingerprint density at radius 1 is 0.765 bits per heavy atom. The summed E-state index contributed by atoms with van der Waals surface area (Å²) in [5.41, 5.74) is 8.09. The Hall–Kier alpha value is -5.84. The van der Waals surface area contributed by atoms with E-state index in [2.05, 4.69) is 8.75 Å². The number of benzene rings is 5. The second-order valence-electron chi connectivity index (χ2n) is 12.5. The Bertz CT molecular complexity index is 2180. The quantitative estimate of drug-likeness (QED) is 0.117. The molecule has 5 aromatic carbocycles. The van der Waals surface area contributed by atoms with E-state index >= 15 is 0 Å². The van der Waals surface area contributed by atoms with Gasteiger partial charge in [0.05, 0.1) is 17.3 Å². The minimum atomic E-state index is -1.95. The molecular formula is C41H38N4O5S. The number of hydrogen-bond donors (Lipinski definition) is 1. The van der Waals surface area contributed by atoms with Crippen LogP contribution < -0.4 is 14.5 Å². The molecule has 1 atom stereocenters. The smallest absolute Gasteiger partial charge is 0.342 e.